The van der Waals surface area contributed by atoms with Crippen molar-refractivity contribution in [3.63, 3.8) is 0 Å². The Morgan fingerprint density at radius 2 is 1.86 bits per heavy atom. The van der Waals surface area contributed by atoms with Gasteiger partial charge in [-0.3, -0.25) is 9.89 Å². The molecule has 5 nitrogen and oxygen atoms in total. The standard InChI is InChI=1S/C23H38N4O/c1-24-23(26(2)15-10-20-11-16-28-17-12-20)25-18-21-8-4-5-9-22(21)19-27-13-6-3-7-14-27/h4-5,8-9,20H,3,6-7,10-19H2,1-2H3,(H,24,25). The molecular weight excluding hydrogens is 348 g/mol. The van der Waals surface area contributed by atoms with Crippen molar-refractivity contribution < 1.29 is 4.74 Å². The van der Waals surface area contributed by atoms with Gasteiger partial charge in [0.2, 0.25) is 0 Å². The van der Waals surface area contributed by atoms with Gasteiger partial charge in [-0.1, -0.05) is 30.7 Å². The van der Waals surface area contributed by atoms with Gasteiger partial charge in [0.25, 0.3) is 0 Å². The highest BCUT2D eigenvalue weighted by Gasteiger charge is 2.16. The Labute approximate surface area is 171 Å². The minimum Gasteiger partial charge on any atom is -0.381 e. The fourth-order valence-corrected chi connectivity index (χ4v) is 4.32. The summed E-state index contributed by atoms with van der Waals surface area (Å²) in [6.45, 7) is 7.26. The van der Waals surface area contributed by atoms with Gasteiger partial charge in [-0.05, 0) is 62.2 Å². The molecule has 2 heterocycles. The number of aliphatic imine (C=N–C) groups is 1. The zero-order valence-electron chi connectivity index (χ0n) is 17.8. The van der Waals surface area contributed by atoms with Gasteiger partial charge < -0.3 is 15.0 Å². The van der Waals surface area contributed by atoms with Crippen molar-refractivity contribution in [2.24, 2.45) is 10.9 Å². The summed E-state index contributed by atoms with van der Waals surface area (Å²) in [6.07, 6.45) is 7.67. The van der Waals surface area contributed by atoms with Crippen LogP contribution in [0.25, 0.3) is 0 Å². The fourth-order valence-electron chi connectivity index (χ4n) is 4.32. The molecule has 0 radical (unpaired) electrons. The first-order valence-electron chi connectivity index (χ1n) is 11.0. The number of likely N-dealkylation sites (tertiary alicyclic amines) is 1. The Kier molecular flexibility index (Phi) is 8.62. The van der Waals surface area contributed by atoms with E-state index in [1.807, 2.05) is 7.05 Å². The molecule has 0 spiro atoms. The number of benzene rings is 1. The van der Waals surface area contributed by atoms with Crippen molar-refractivity contribution in [3.05, 3.63) is 35.4 Å². The van der Waals surface area contributed by atoms with Gasteiger partial charge in [0.05, 0.1) is 0 Å². The molecular formula is C23H38N4O. The second-order valence-corrected chi connectivity index (χ2v) is 8.27. The van der Waals surface area contributed by atoms with Gasteiger partial charge in [-0.2, -0.15) is 0 Å². The van der Waals surface area contributed by atoms with Crippen molar-refractivity contribution in [3.8, 4) is 0 Å². The topological polar surface area (TPSA) is 40.1 Å². The molecule has 0 unspecified atom stereocenters. The van der Waals surface area contributed by atoms with Gasteiger partial charge in [-0.25, -0.2) is 0 Å². The lowest BCUT2D eigenvalue weighted by Gasteiger charge is -2.28. The van der Waals surface area contributed by atoms with Gasteiger partial charge in [0.15, 0.2) is 5.96 Å². The molecule has 1 N–H and O–H groups in total. The molecule has 5 heteroatoms. The zero-order valence-corrected chi connectivity index (χ0v) is 17.8. The molecule has 2 aliphatic rings. The lowest BCUT2D eigenvalue weighted by Crippen LogP contribution is -2.40. The third-order valence-electron chi connectivity index (χ3n) is 6.18. The Morgan fingerprint density at radius 1 is 1.14 bits per heavy atom. The van der Waals surface area contributed by atoms with Crippen LogP contribution in [0, 0.1) is 5.92 Å². The number of nitrogens with zero attached hydrogens (tertiary/aromatic N) is 3. The third-order valence-corrected chi connectivity index (χ3v) is 6.18. The molecule has 156 valence electrons. The largest absolute Gasteiger partial charge is 0.381 e. The van der Waals surface area contributed by atoms with Crippen molar-refractivity contribution in [2.75, 3.05) is 46.9 Å². The second-order valence-electron chi connectivity index (χ2n) is 8.27. The van der Waals surface area contributed by atoms with Crippen LogP contribution < -0.4 is 5.32 Å². The molecule has 2 fully saturated rings. The molecule has 1 aromatic carbocycles. The van der Waals surface area contributed by atoms with E-state index in [1.165, 1.54) is 62.7 Å². The number of hydrogen-bond donors (Lipinski definition) is 1. The van der Waals surface area contributed by atoms with E-state index in [4.69, 9.17) is 4.74 Å². The summed E-state index contributed by atoms with van der Waals surface area (Å²) in [6, 6.07) is 8.84. The van der Waals surface area contributed by atoms with Crippen molar-refractivity contribution in [1.82, 2.24) is 15.1 Å². The van der Waals surface area contributed by atoms with Crippen LogP contribution in [0.2, 0.25) is 0 Å². The lowest BCUT2D eigenvalue weighted by atomic mass is 9.96. The van der Waals surface area contributed by atoms with E-state index in [0.29, 0.717) is 0 Å². The number of guanidine groups is 1. The summed E-state index contributed by atoms with van der Waals surface area (Å²) in [4.78, 5) is 9.37. The summed E-state index contributed by atoms with van der Waals surface area (Å²) < 4.78 is 5.48. The fraction of sp³-hybridized carbons (Fsp3) is 0.696. The van der Waals surface area contributed by atoms with Gasteiger partial charge in [0.1, 0.15) is 0 Å². The quantitative estimate of drug-likeness (QED) is 0.575. The molecule has 0 amide bonds. The highest BCUT2D eigenvalue weighted by molar-refractivity contribution is 5.79. The van der Waals surface area contributed by atoms with Crippen LogP contribution in [0.5, 0.6) is 0 Å². The predicted octanol–water partition coefficient (Wildman–Crippen LogP) is 3.50. The number of nitrogens with one attached hydrogen (secondary N) is 1. The lowest BCUT2D eigenvalue weighted by molar-refractivity contribution is 0.0625. The minimum atomic E-state index is 0.791. The molecule has 2 aliphatic heterocycles. The number of hydrogen-bond acceptors (Lipinski definition) is 3. The molecule has 0 bridgehead atoms. The summed E-state index contributed by atoms with van der Waals surface area (Å²) >= 11 is 0. The smallest absolute Gasteiger partial charge is 0.193 e. The first kappa shape index (κ1) is 21.1. The molecule has 0 atom stereocenters. The maximum Gasteiger partial charge on any atom is 0.193 e. The maximum atomic E-state index is 5.48. The second kappa shape index (κ2) is 11.4. The van der Waals surface area contributed by atoms with Crippen molar-refractivity contribution in [2.45, 2.75) is 51.6 Å². The van der Waals surface area contributed by atoms with E-state index < -0.39 is 0 Å². The SMILES string of the molecule is CN=C(NCc1ccccc1CN1CCCCC1)N(C)CCC1CCOCC1. The number of piperidine rings is 1. The van der Waals surface area contributed by atoms with E-state index in [9.17, 15) is 0 Å². The van der Waals surface area contributed by atoms with Gasteiger partial charge >= 0.3 is 0 Å². The normalized spacial score (nSPS) is 19.6. The van der Waals surface area contributed by atoms with Crippen LogP contribution in [0.4, 0.5) is 0 Å². The van der Waals surface area contributed by atoms with Crippen LogP contribution in [0.3, 0.4) is 0 Å². The molecule has 3 rings (SSSR count). The Balaban J connectivity index is 1.50. The van der Waals surface area contributed by atoms with E-state index in [-0.39, 0.29) is 0 Å². The van der Waals surface area contributed by atoms with Crippen LogP contribution in [0.15, 0.2) is 29.3 Å². The highest BCUT2D eigenvalue weighted by Crippen LogP contribution is 2.19. The Hall–Kier alpha value is -1.59. The number of rotatable bonds is 7. The molecule has 1 aromatic rings. The predicted molar refractivity (Wildman–Crippen MR) is 117 cm³/mol. The first-order valence-corrected chi connectivity index (χ1v) is 11.0. The zero-order chi connectivity index (χ0) is 19.6. The Bertz CT molecular complexity index is 606. The number of ether oxygens (including phenoxy) is 1. The average Bonchev–Trinajstić information content (AvgIpc) is 2.75. The maximum absolute atomic E-state index is 5.48. The molecule has 28 heavy (non-hydrogen) atoms. The third kappa shape index (κ3) is 6.49. The summed E-state index contributed by atoms with van der Waals surface area (Å²) in [5.41, 5.74) is 2.82. The molecule has 0 saturated carbocycles. The van der Waals surface area contributed by atoms with Crippen LogP contribution in [0.1, 0.15) is 49.7 Å². The van der Waals surface area contributed by atoms with E-state index in [2.05, 4.69) is 51.4 Å². The van der Waals surface area contributed by atoms with Crippen LogP contribution >= 0.6 is 0 Å². The summed E-state index contributed by atoms with van der Waals surface area (Å²) in [5, 5.41) is 3.58. The highest BCUT2D eigenvalue weighted by atomic mass is 16.5. The molecule has 0 aromatic heterocycles. The van der Waals surface area contributed by atoms with Gasteiger partial charge in [0, 0.05) is 46.9 Å². The van der Waals surface area contributed by atoms with Crippen LogP contribution in [-0.2, 0) is 17.8 Å². The summed E-state index contributed by atoms with van der Waals surface area (Å²) in [5.74, 6) is 1.78. The minimum absolute atomic E-state index is 0.791. The average molecular weight is 387 g/mol. The van der Waals surface area contributed by atoms with E-state index >= 15 is 0 Å². The van der Waals surface area contributed by atoms with E-state index in [0.717, 1.165) is 44.7 Å². The van der Waals surface area contributed by atoms with E-state index in [1.54, 1.807) is 0 Å². The van der Waals surface area contributed by atoms with Crippen LogP contribution in [-0.4, -0.2) is 62.7 Å². The molecule has 2 saturated heterocycles. The monoisotopic (exact) mass is 386 g/mol. The first-order chi connectivity index (χ1) is 13.8. The van der Waals surface area contributed by atoms with Crippen molar-refractivity contribution in [1.29, 1.82) is 0 Å². The van der Waals surface area contributed by atoms with Gasteiger partial charge in [-0.15, -0.1) is 0 Å². The summed E-state index contributed by atoms with van der Waals surface area (Å²) in [7, 11) is 4.03. The molecule has 0 aliphatic carbocycles. The van der Waals surface area contributed by atoms with Crippen molar-refractivity contribution >= 4 is 5.96 Å². The Morgan fingerprint density at radius 3 is 2.57 bits per heavy atom.